The molecule has 0 heterocycles. The summed E-state index contributed by atoms with van der Waals surface area (Å²) in [5, 5.41) is 5.83. The van der Waals surface area contributed by atoms with E-state index in [4.69, 9.17) is 5.73 Å². The number of hydrogen-bond acceptors (Lipinski definition) is 2. The lowest BCUT2D eigenvalue weighted by molar-refractivity contribution is 0.744. The van der Waals surface area contributed by atoms with Gasteiger partial charge >= 0.3 is 0 Å². The molecule has 2 aromatic carbocycles. The van der Waals surface area contributed by atoms with E-state index < -0.39 is 0 Å². The molecule has 2 heteroatoms. The van der Waals surface area contributed by atoms with Crippen LogP contribution < -0.4 is 11.1 Å². The van der Waals surface area contributed by atoms with E-state index in [2.05, 4.69) is 36.5 Å². The van der Waals surface area contributed by atoms with Crippen molar-refractivity contribution in [1.29, 1.82) is 0 Å². The Labute approximate surface area is 103 Å². The van der Waals surface area contributed by atoms with Crippen LogP contribution in [0.3, 0.4) is 0 Å². The molecule has 2 nitrogen and oxygen atoms in total. The zero-order valence-corrected chi connectivity index (χ0v) is 10.4. The molecule has 0 fully saturated rings. The van der Waals surface area contributed by atoms with Crippen molar-refractivity contribution in [3.63, 3.8) is 0 Å². The smallest absolute Gasteiger partial charge is 0.0440 e. The van der Waals surface area contributed by atoms with Crippen LogP contribution in [-0.2, 0) is 0 Å². The van der Waals surface area contributed by atoms with E-state index in [-0.39, 0.29) is 0 Å². The van der Waals surface area contributed by atoms with E-state index in [1.54, 1.807) is 0 Å². The molecule has 0 saturated carbocycles. The largest absolute Gasteiger partial charge is 0.398 e. The quantitative estimate of drug-likeness (QED) is 0.599. The first-order valence-electron chi connectivity index (χ1n) is 6.34. The number of benzene rings is 2. The van der Waals surface area contributed by atoms with Gasteiger partial charge in [-0.3, -0.25) is 0 Å². The third-order valence-electron chi connectivity index (χ3n) is 3.03. The Balaban J connectivity index is 2.21. The molecule has 0 atom stereocenters. The molecule has 0 radical (unpaired) electrons. The van der Waals surface area contributed by atoms with Gasteiger partial charge in [0.25, 0.3) is 0 Å². The summed E-state index contributed by atoms with van der Waals surface area (Å²) >= 11 is 0. The SMILES string of the molecule is CCCCCNc1cccc2cccc(N)c12. The van der Waals surface area contributed by atoms with Gasteiger partial charge in [-0.2, -0.15) is 0 Å². The highest BCUT2D eigenvalue weighted by Crippen LogP contribution is 2.28. The maximum Gasteiger partial charge on any atom is 0.0440 e. The number of nitrogen functional groups attached to an aromatic ring is 1. The third-order valence-corrected chi connectivity index (χ3v) is 3.03. The van der Waals surface area contributed by atoms with Crippen molar-refractivity contribution in [3.8, 4) is 0 Å². The molecular formula is C15H20N2. The van der Waals surface area contributed by atoms with Crippen LogP contribution in [0.1, 0.15) is 26.2 Å². The summed E-state index contributed by atoms with van der Waals surface area (Å²) in [5.41, 5.74) is 8.05. The number of nitrogens with two attached hydrogens (primary N) is 1. The molecule has 2 aromatic rings. The lowest BCUT2D eigenvalue weighted by Crippen LogP contribution is -2.02. The van der Waals surface area contributed by atoms with Crippen LogP contribution in [0, 0.1) is 0 Å². The van der Waals surface area contributed by atoms with E-state index in [9.17, 15) is 0 Å². The monoisotopic (exact) mass is 228 g/mol. The molecule has 0 aliphatic heterocycles. The molecule has 90 valence electrons. The topological polar surface area (TPSA) is 38.0 Å². The minimum Gasteiger partial charge on any atom is -0.398 e. The normalized spacial score (nSPS) is 10.6. The van der Waals surface area contributed by atoms with Gasteiger partial charge in [0.1, 0.15) is 0 Å². The minimum absolute atomic E-state index is 0.848. The fraction of sp³-hybridized carbons (Fsp3) is 0.333. The molecule has 0 aliphatic carbocycles. The molecule has 0 aromatic heterocycles. The van der Waals surface area contributed by atoms with E-state index >= 15 is 0 Å². The van der Waals surface area contributed by atoms with Gasteiger partial charge in [0.2, 0.25) is 0 Å². The number of hydrogen-bond donors (Lipinski definition) is 2. The van der Waals surface area contributed by atoms with Crippen molar-refractivity contribution in [2.24, 2.45) is 0 Å². The second kappa shape index (κ2) is 5.58. The fourth-order valence-electron chi connectivity index (χ4n) is 2.12. The molecule has 17 heavy (non-hydrogen) atoms. The average Bonchev–Trinajstić information content (AvgIpc) is 2.35. The van der Waals surface area contributed by atoms with Crippen LogP contribution in [0.15, 0.2) is 36.4 Å². The van der Waals surface area contributed by atoms with Crippen molar-refractivity contribution in [1.82, 2.24) is 0 Å². The first-order valence-corrected chi connectivity index (χ1v) is 6.34. The Kier molecular flexibility index (Phi) is 3.86. The van der Waals surface area contributed by atoms with Gasteiger partial charge in [-0.1, -0.05) is 44.0 Å². The molecule has 0 unspecified atom stereocenters. The molecule has 0 aliphatic rings. The number of nitrogens with one attached hydrogen (secondary N) is 1. The number of fused-ring (bicyclic) bond motifs is 1. The first-order chi connectivity index (χ1) is 8.33. The van der Waals surface area contributed by atoms with Crippen molar-refractivity contribution in [2.45, 2.75) is 26.2 Å². The van der Waals surface area contributed by atoms with Gasteiger partial charge in [-0.25, -0.2) is 0 Å². The molecule has 0 amide bonds. The van der Waals surface area contributed by atoms with Gasteiger partial charge in [0.05, 0.1) is 0 Å². The van der Waals surface area contributed by atoms with Crippen LogP contribution in [0.25, 0.3) is 10.8 Å². The second-order valence-electron chi connectivity index (χ2n) is 4.38. The maximum absolute atomic E-state index is 6.05. The fourth-order valence-corrected chi connectivity index (χ4v) is 2.12. The van der Waals surface area contributed by atoms with Crippen LogP contribution in [-0.4, -0.2) is 6.54 Å². The second-order valence-corrected chi connectivity index (χ2v) is 4.38. The standard InChI is InChI=1S/C15H20N2/c1-2-3-4-11-17-14-10-6-8-12-7-5-9-13(16)15(12)14/h5-10,17H,2-4,11,16H2,1H3. The van der Waals surface area contributed by atoms with E-state index in [1.165, 1.54) is 24.6 Å². The molecule has 0 saturated heterocycles. The van der Waals surface area contributed by atoms with Crippen molar-refractivity contribution in [3.05, 3.63) is 36.4 Å². The van der Waals surface area contributed by atoms with Crippen LogP contribution >= 0.6 is 0 Å². The summed E-state index contributed by atoms with van der Waals surface area (Å²) in [5.74, 6) is 0. The Bertz CT molecular complexity index is 486. The van der Waals surface area contributed by atoms with Crippen molar-refractivity contribution in [2.75, 3.05) is 17.6 Å². The summed E-state index contributed by atoms with van der Waals surface area (Å²) in [6.07, 6.45) is 3.73. The van der Waals surface area contributed by atoms with Crippen LogP contribution in [0.2, 0.25) is 0 Å². The summed E-state index contributed by atoms with van der Waals surface area (Å²) in [6, 6.07) is 12.3. The Morgan fingerprint density at radius 1 is 1.06 bits per heavy atom. The molecule has 3 N–H and O–H groups in total. The van der Waals surface area contributed by atoms with Gasteiger partial charge in [0.15, 0.2) is 0 Å². The highest BCUT2D eigenvalue weighted by Gasteiger charge is 2.02. The first kappa shape index (κ1) is 11.8. The van der Waals surface area contributed by atoms with E-state index in [0.29, 0.717) is 0 Å². The Morgan fingerprint density at radius 2 is 1.82 bits per heavy atom. The maximum atomic E-state index is 6.05. The predicted octanol–water partition coefficient (Wildman–Crippen LogP) is 4.02. The lowest BCUT2D eigenvalue weighted by atomic mass is 10.1. The third kappa shape index (κ3) is 2.70. The number of unbranched alkanes of at least 4 members (excludes halogenated alkanes) is 2. The highest BCUT2D eigenvalue weighted by molar-refractivity contribution is 6.02. The average molecular weight is 228 g/mol. The summed E-state index contributed by atoms with van der Waals surface area (Å²) < 4.78 is 0. The summed E-state index contributed by atoms with van der Waals surface area (Å²) in [7, 11) is 0. The molecule has 2 rings (SSSR count). The lowest BCUT2D eigenvalue weighted by Gasteiger charge is -2.11. The van der Waals surface area contributed by atoms with Crippen molar-refractivity contribution >= 4 is 22.1 Å². The number of rotatable bonds is 5. The molecule has 0 spiro atoms. The van der Waals surface area contributed by atoms with Crippen molar-refractivity contribution < 1.29 is 0 Å². The molecule has 0 bridgehead atoms. The van der Waals surface area contributed by atoms with E-state index in [1.807, 2.05) is 12.1 Å². The zero-order valence-electron chi connectivity index (χ0n) is 10.4. The minimum atomic E-state index is 0.848. The Hall–Kier alpha value is -1.70. The van der Waals surface area contributed by atoms with Crippen LogP contribution in [0.4, 0.5) is 11.4 Å². The van der Waals surface area contributed by atoms with Gasteiger partial charge < -0.3 is 11.1 Å². The van der Waals surface area contributed by atoms with E-state index in [0.717, 1.165) is 23.3 Å². The van der Waals surface area contributed by atoms with Gasteiger partial charge in [-0.05, 0) is 23.9 Å². The summed E-state index contributed by atoms with van der Waals surface area (Å²) in [4.78, 5) is 0. The Morgan fingerprint density at radius 3 is 2.59 bits per heavy atom. The number of anilines is 2. The summed E-state index contributed by atoms with van der Waals surface area (Å²) in [6.45, 7) is 3.23. The van der Waals surface area contributed by atoms with Gasteiger partial charge in [0, 0.05) is 23.3 Å². The predicted molar refractivity (Wildman–Crippen MR) is 76.4 cm³/mol. The van der Waals surface area contributed by atoms with Gasteiger partial charge in [-0.15, -0.1) is 0 Å². The zero-order chi connectivity index (χ0) is 12.1. The van der Waals surface area contributed by atoms with Crippen LogP contribution in [0.5, 0.6) is 0 Å². The molecular weight excluding hydrogens is 208 g/mol. The highest BCUT2D eigenvalue weighted by atomic mass is 14.9.